The van der Waals surface area contributed by atoms with Crippen molar-refractivity contribution in [2.45, 2.75) is 19.9 Å². The topological polar surface area (TPSA) is 61.4 Å². The monoisotopic (exact) mass is 399 g/mol. The van der Waals surface area contributed by atoms with Gasteiger partial charge in [0.05, 0.1) is 11.5 Å². The number of anilines is 1. The molecule has 2 amide bonds. The van der Waals surface area contributed by atoms with E-state index in [4.69, 9.17) is 0 Å². The highest BCUT2D eigenvalue weighted by Gasteiger charge is 2.06. The van der Waals surface area contributed by atoms with Crippen LogP contribution in [-0.2, 0) is 16.1 Å². The Morgan fingerprint density at radius 1 is 0.964 bits per heavy atom. The Labute approximate surface area is 171 Å². The van der Waals surface area contributed by atoms with Gasteiger partial charge in [0.15, 0.2) is 0 Å². The molecule has 0 spiro atoms. The van der Waals surface area contributed by atoms with Gasteiger partial charge in [0.25, 0.3) is 0 Å². The Morgan fingerprint density at radius 3 is 2.36 bits per heavy atom. The largest absolute Gasteiger partial charge is 0.355 e. The first kappa shape index (κ1) is 22.0. The number of carbonyl (C=O) groups excluding carboxylic acids is 2. The van der Waals surface area contributed by atoms with E-state index in [2.05, 4.69) is 34.7 Å². The molecule has 0 aromatic heterocycles. The Bertz CT molecular complexity index is 735. The lowest BCUT2D eigenvalue weighted by Gasteiger charge is -2.16. The molecule has 5 nitrogen and oxygen atoms in total. The van der Waals surface area contributed by atoms with Gasteiger partial charge in [-0.2, -0.15) is 0 Å². The van der Waals surface area contributed by atoms with Crippen molar-refractivity contribution in [3.63, 3.8) is 0 Å². The average Bonchev–Trinajstić information content (AvgIpc) is 2.68. The van der Waals surface area contributed by atoms with Gasteiger partial charge in [-0.15, -0.1) is 11.8 Å². The smallest absolute Gasteiger partial charge is 0.234 e. The fourth-order valence-corrected chi connectivity index (χ4v) is 3.32. The molecule has 0 saturated carbocycles. The number of hydrogen-bond donors (Lipinski definition) is 2. The fraction of sp³-hybridized carbons (Fsp3) is 0.364. The summed E-state index contributed by atoms with van der Waals surface area (Å²) in [6.45, 7) is 4.47. The predicted octanol–water partition coefficient (Wildman–Crippen LogP) is 3.31. The molecule has 28 heavy (non-hydrogen) atoms. The number of rotatable bonds is 11. The number of thioether (sulfide) groups is 1. The molecule has 0 aliphatic carbocycles. The summed E-state index contributed by atoms with van der Waals surface area (Å²) in [5.41, 5.74) is 3.21. The summed E-state index contributed by atoms with van der Waals surface area (Å²) >= 11 is 1.32. The molecule has 0 heterocycles. The van der Waals surface area contributed by atoms with Crippen molar-refractivity contribution < 1.29 is 9.59 Å². The number of carbonyl (C=O) groups is 2. The summed E-state index contributed by atoms with van der Waals surface area (Å²) in [6, 6.07) is 18.0. The van der Waals surface area contributed by atoms with Crippen molar-refractivity contribution in [1.29, 1.82) is 0 Å². The van der Waals surface area contributed by atoms with Crippen LogP contribution in [0.4, 0.5) is 5.69 Å². The first-order valence-corrected chi connectivity index (χ1v) is 10.6. The van der Waals surface area contributed by atoms with Gasteiger partial charge in [0.2, 0.25) is 11.8 Å². The van der Waals surface area contributed by atoms with Crippen molar-refractivity contribution >= 4 is 29.3 Å². The second-order valence-electron chi connectivity index (χ2n) is 6.83. The minimum atomic E-state index is -0.0933. The van der Waals surface area contributed by atoms with Gasteiger partial charge < -0.3 is 15.5 Å². The van der Waals surface area contributed by atoms with Crippen LogP contribution in [0.3, 0.4) is 0 Å². The maximum absolute atomic E-state index is 11.9. The van der Waals surface area contributed by atoms with Crippen molar-refractivity contribution in [2.24, 2.45) is 0 Å². The van der Waals surface area contributed by atoms with E-state index in [1.807, 2.05) is 49.4 Å². The lowest BCUT2D eigenvalue weighted by molar-refractivity contribution is -0.118. The molecule has 2 rings (SSSR count). The zero-order valence-corrected chi connectivity index (χ0v) is 17.4. The highest BCUT2D eigenvalue weighted by Crippen LogP contribution is 2.09. The fourth-order valence-electron chi connectivity index (χ4n) is 2.67. The van der Waals surface area contributed by atoms with E-state index < -0.39 is 0 Å². The summed E-state index contributed by atoms with van der Waals surface area (Å²) in [6.07, 6.45) is 0.896. The molecule has 0 atom stereocenters. The number of aryl methyl sites for hydroxylation is 1. The number of hydrogen-bond acceptors (Lipinski definition) is 4. The van der Waals surface area contributed by atoms with Gasteiger partial charge in [-0.25, -0.2) is 0 Å². The maximum atomic E-state index is 11.9. The molecule has 0 unspecified atom stereocenters. The van der Waals surface area contributed by atoms with Crippen LogP contribution in [-0.4, -0.2) is 48.4 Å². The SMILES string of the molecule is Cc1ccc(NC(=O)CSCC(=O)NCCCN(C)Cc2ccccc2)cc1. The number of nitrogens with zero attached hydrogens (tertiary/aromatic N) is 1. The Balaban J connectivity index is 1.51. The van der Waals surface area contributed by atoms with Crippen LogP contribution in [0.5, 0.6) is 0 Å². The minimum Gasteiger partial charge on any atom is -0.355 e. The van der Waals surface area contributed by atoms with Crippen molar-refractivity contribution in [2.75, 3.05) is 37.0 Å². The summed E-state index contributed by atoms with van der Waals surface area (Å²) in [5.74, 6) is 0.436. The molecule has 0 fully saturated rings. The Kier molecular flexibility index (Phi) is 9.59. The standard InChI is InChI=1S/C22H29N3O2S/c1-18-9-11-20(12-10-18)24-22(27)17-28-16-21(26)23-13-6-14-25(2)15-19-7-4-3-5-8-19/h3-5,7-12H,6,13-17H2,1-2H3,(H,23,26)(H,24,27). The summed E-state index contributed by atoms with van der Waals surface area (Å²) < 4.78 is 0. The van der Waals surface area contributed by atoms with E-state index >= 15 is 0 Å². The summed E-state index contributed by atoms with van der Waals surface area (Å²) in [7, 11) is 2.08. The molecule has 0 aliphatic heterocycles. The normalized spacial score (nSPS) is 10.7. The molecule has 0 bridgehead atoms. The second-order valence-corrected chi connectivity index (χ2v) is 7.82. The van der Waals surface area contributed by atoms with E-state index in [9.17, 15) is 9.59 Å². The third kappa shape index (κ3) is 9.06. The molecule has 0 saturated heterocycles. The molecule has 2 aromatic rings. The van der Waals surface area contributed by atoms with Crippen molar-refractivity contribution in [3.05, 3.63) is 65.7 Å². The molecule has 150 valence electrons. The predicted molar refractivity (Wildman–Crippen MR) is 118 cm³/mol. The van der Waals surface area contributed by atoms with Crippen LogP contribution in [0.1, 0.15) is 17.5 Å². The number of benzene rings is 2. The lowest BCUT2D eigenvalue weighted by atomic mass is 10.2. The molecule has 0 radical (unpaired) electrons. The third-order valence-corrected chi connectivity index (χ3v) is 5.07. The third-order valence-electron chi connectivity index (χ3n) is 4.14. The Morgan fingerprint density at radius 2 is 1.64 bits per heavy atom. The maximum Gasteiger partial charge on any atom is 0.234 e. The zero-order valence-electron chi connectivity index (χ0n) is 16.6. The van der Waals surface area contributed by atoms with E-state index in [-0.39, 0.29) is 17.6 Å². The van der Waals surface area contributed by atoms with Crippen LogP contribution in [0.15, 0.2) is 54.6 Å². The van der Waals surface area contributed by atoms with Crippen molar-refractivity contribution in [1.82, 2.24) is 10.2 Å². The zero-order chi connectivity index (χ0) is 20.2. The molecular weight excluding hydrogens is 370 g/mol. The van der Waals surface area contributed by atoms with Crippen LogP contribution in [0.2, 0.25) is 0 Å². The van der Waals surface area contributed by atoms with E-state index in [0.29, 0.717) is 12.3 Å². The molecule has 2 aromatic carbocycles. The molecule has 0 aliphatic rings. The van der Waals surface area contributed by atoms with Crippen LogP contribution in [0.25, 0.3) is 0 Å². The van der Waals surface area contributed by atoms with Gasteiger partial charge in [0.1, 0.15) is 0 Å². The highest BCUT2D eigenvalue weighted by molar-refractivity contribution is 8.00. The highest BCUT2D eigenvalue weighted by atomic mass is 32.2. The lowest BCUT2D eigenvalue weighted by Crippen LogP contribution is -2.29. The van der Waals surface area contributed by atoms with Gasteiger partial charge in [-0.05, 0) is 44.6 Å². The quantitative estimate of drug-likeness (QED) is 0.569. The van der Waals surface area contributed by atoms with Crippen LogP contribution >= 0.6 is 11.8 Å². The van der Waals surface area contributed by atoms with Gasteiger partial charge >= 0.3 is 0 Å². The molecular formula is C22H29N3O2S. The summed E-state index contributed by atoms with van der Waals surface area (Å²) in [5, 5.41) is 5.74. The van der Waals surface area contributed by atoms with Crippen molar-refractivity contribution in [3.8, 4) is 0 Å². The number of amides is 2. The van der Waals surface area contributed by atoms with E-state index in [1.165, 1.54) is 17.3 Å². The minimum absolute atomic E-state index is 0.0288. The van der Waals surface area contributed by atoms with Gasteiger partial charge in [0, 0.05) is 18.8 Å². The van der Waals surface area contributed by atoms with Crippen LogP contribution < -0.4 is 10.6 Å². The van der Waals surface area contributed by atoms with E-state index in [0.717, 1.165) is 30.8 Å². The van der Waals surface area contributed by atoms with E-state index in [1.54, 1.807) is 0 Å². The Hall–Kier alpha value is -2.31. The molecule has 6 heteroatoms. The first-order valence-electron chi connectivity index (χ1n) is 9.46. The second kappa shape index (κ2) is 12.2. The average molecular weight is 400 g/mol. The first-order chi connectivity index (χ1) is 13.5. The molecule has 2 N–H and O–H groups in total. The van der Waals surface area contributed by atoms with Gasteiger partial charge in [-0.1, -0.05) is 48.0 Å². The van der Waals surface area contributed by atoms with Crippen LogP contribution in [0, 0.1) is 6.92 Å². The number of nitrogens with one attached hydrogen (secondary N) is 2. The summed E-state index contributed by atoms with van der Waals surface area (Å²) in [4.78, 5) is 26.0. The van der Waals surface area contributed by atoms with Gasteiger partial charge in [-0.3, -0.25) is 9.59 Å².